The number of phenols is 1. The third-order valence-corrected chi connectivity index (χ3v) is 10.2. The Labute approximate surface area is 133 Å². The third kappa shape index (κ3) is 3.53. The predicted octanol–water partition coefficient (Wildman–Crippen LogP) is 4.56. The van der Waals surface area contributed by atoms with Gasteiger partial charge in [-0.3, -0.25) is 0 Å². The van der Waals surface area contributed by atoms with Crippen LogP contribution in [-0.4, -0.2) is 18.6 Å². The first-order chi connectivity index (χ1) is 9.83. The molecule has 0 spiro atoms. The maximum absolute atomic E-state index is 10.0. The fraction of sp³-hybridized carbons (Fsp3) is 0.333. The topological polar surface area (TPSA) is 20.2 Å². The highest BCUT2D eigenvalue weighted by molar-refractivity contribution is 8.01. The summed E-state index contributed by atoms with van der Waals surface area (Å²) in [5.74, 6) is 0.441. The molecule has 2 aromatic carbocycles. The van der Waals surface area contributed by atoms with Crippen molar-refractivity contribution in [2.75, 3.05) is 5.38 Å². The van der Waals surface area contributed by atoms with E-state index in [1.807, 2.05) is 25.6 Å². The standard InChI is InChI=1S/C18H24OSSi/c1-13-11-17(14(2)15(3)18(13)19)20-12-21(4,5)16-9-7-6-8-10-16/h6-11,19H,12H2,1-5H3. The smallest absolute Gasteiger partial charge is 0.121 e. The molecule has 112 valence electrons. The summed E-state index contributed by atoms with van der Waals surface area (Å²) in [6.07, 6.45) is 0. The lowest BCUT2D eigenvalue weighted by Crippen LogP contribution is -2.44. The lowest BCUT2D eigenvalue weighted by molar-refractivity contribution is 0.465. The Morgan fingerprint density at radius 1 is 1.00 bits per heavy atom. The van der Waals surface area contributed by atoms with Gasteiger partial charge in [0.05, 0.1) is 8.07 Å². The highest BCUT2D eigenvalue weighted by atomic mass is 32.2. The zero-order valence-corrected chi connectivity index (χ0v) is 15.3. The Kier molecular flexibility index (Phi) is 4.84. The number of aryl methyl sites for hydroxylation is 1. The van der Waals surface area contributed by atoms with Crippen molar-refractivity contribution in [3.63, 3.8) is 0 Å². The van der Waals surface area contributed by atoms with E-state index in [-0.39, 0.29) is 0 Å². The first-order valence-corrected chi connectivity index (χ1v) is 11.5. The first-order valence-electron chi connectivity index (χ1n) is 7.31. The van der Waals surface area contributed by atoms with Crippen LogP contribution in [0.3, 0.4) is 0 Å². The van der Waals surface area contributed by atoms with E-state index in [2.05, 4.69) is 56.4 Å². The van der Waals surface area contributed by atoms with Gasteiger partial charge in [-0.25, -0.2) is 0 Å². The van der Waals surface area contributed by atoms with Gasteiger partial charge < -0.3 is 5.11 Å². The number of hydrogen-bond donors (Lipinski definition) is 1. The van der Waals surface area contributed by atoms with Gasteiger partial charge >= 0.3 is 0 Å². The third-order valence-electron chi connectivity index (χ3n) is 4.15. The summed E-state index contributed by atoms with van der Waals surface area (Å²) >= 11 is 1.94. The van der Waals surface area contributed by atoms with Gasteiger partial charge in [-0.1, -0.05) is 48.6 Å². The highest BCUT2D eigenvalue weighted by Gasteiger charge is 2.24. The van der Waals surface area contributed by atoms with Crippen molar-refractivity contribution in [2.24, 2.45) is 0 Å². The summed E-state index contributed by atoms with van der Waals surface area (Å²) in [5, 5.41) is 12.7. The Bertz CT molecular complexity index is 635. The maximum Gasteiger partial charge on any atom is 0.121 e. The predicted molar refractivity (Wildman–Crippen MR) is 96.6 cm³/mol. The molecular weight excluding hydrogens is 292 g/mol. The second-order valence-electron chi connectivity index (χ2n) is 6.33. The number of thioether (sulfide) groups is 1. The molecule has 0 atom stereocenters. The van der Waals surface area contributed by atoms with Crippen molar-refractivity contribution in [3.05, 3.63) is 53.1 Å². The van der Waals surface area contributed by atoms with E-state index in [4.69, 9.17) is 0 Å². The van der Waals surface area contributed by atoms with Crippen molar-refractivity contribution in [3.8, 4) is 5.75 Å². The Morgan fingerprint density at radius 2 is 1.62 bits per heavy atom. The van der Waals surface area contributed by atoms with E-state index >= 15 is 0 Å². The SMILES string of the molecule is Cc1cc(SC[Si](C)(C)c2ccccc2)c(C)c(C)c1O. The molecule has 0 heterocycles. The molecular formula is C18H24OSSi. The largest absolute Gasteiger partial charge is 0.507 e. The number of rotatable bonds is 4. The lowest BCUT2D eigenvalue weighted by Gasteiger charge is -2.23. The summed E-state index contributed by atoms with van der Waals surface area (Å²) in [6.45, 7) is 10.9. The van der Waals surface area contributed by atoms with Gasteiger partial charge in [-0.05, 0) is 48.9 Å². The minimum absolute atomic E-state index is 0.441. The monoisotopic (exact) mass is 316 g/mol. The van der Waals surface area contributed by atoms with Gasteiger partial charge in [-0.15, -0.1) is 11.8 Å². The highest BCUT2D eigenvalue weighted by Crippen LogP contribution is 2.34. The number of hydrogen-bond acceptors (Lipinski definition) is 2. The molecule has 0 amide bonds. The summed E-state index contributed by atoms with van der Waals surface area (Å²) in [6, 6.07) is 13.0. The summed E-state index contributed by atoms with van der Waals surface area (Å²) in [7, 11) is -1.43. The Morgan fingerprint density at radius 3 is 2.24 bits per heavy atom. The van der Waals surface area contributed by atoms with Gasteiger partial charge in [0, 0.05) is 4.90 Å². The second-order valence-corrected chi connectivity index (χ2v) is 12.6. The number of phenolic OH excluding ortho intramolecular Hbond substituents is 1. The van der Waals surface area contributed by atoms with E-state index in [1.165, 1.54) is 15.6 Å². The van der Waals surface area contributed by atoms with Crippen molar-refractivity contribution >= 4 is 25.0 Å². The average molecular weight is 317 g/mol. The summed E-state index contributed by atoms with van der Waals surface area (Å²) in [5.41, 5.74) is 3.19. The normalized spacial score (nSPS) is 11.7. The molecule has 0 aliphatic heterocycles. The molecule has 0 fully saturated rings. The summed E-state index contributed by atoms with van der Waals surface area (Å²) in [4.78, 5) is 1.30. The fourth-order valence-electron chi connectivity index (χ4n) is 2.41. The second kappa shape index (κ2) is 6.28. The minimum atomic E-state index is -1.43. The van der Waals surface area contributed by atoms with Crippen molar-refractivity contribution < 1.29 is 5.11 Å². The number of benzene rings is 2. The van der Waals surface area contributed by atoms with Crippen LogP contribution in [-0.2, 0) is 0 Å². The van der Waals surface area contributed by atoms with Crippen LogP contribution in [0.1, 0.15) is 16.7 Å². The maximum atomic E-state index is 10.0. The Hall–Kier alpha value is -1.19. The van der Waals surface area contributed by atoms with Crippen LogP contribution in [0.25, 0.3) is 0 Å². The van der Waals surface area contributed by atoms with Crippen LogP contribution in [0.2, 0.25) is 13.1 Å². The van der Waals surface area contributed by atoms with Crippen molar-refractivity contribution in [2.45, 2.75) is 38.8 Å². The van der Waals surface area contributed by atoms with E-state index in [1.54, 1.807) is 0 Å². The fourth-order valence-corrected chi connectivity index (χ4v) is 6.87. The van der Waals surface area contributed by atoms with E-state index in [0.29, 0.717) is 5.75 Å². The van der Waals surface area contributed by atoms with Gasteiger partial charge in [0.1, 0.15) is 5.75 Å². The molecule has 0 bridgehead atoms. The minimum Gasteiger partial charge on any atom is -0.507 e. The summed E-state index contributed by atoms with van der Waals surface area (Å²) < 4.78 is 0. The van der Waals surface area contributed by atoms with Gasteiger partial charge in [0.25, 0.3) is 0 Å². The zero-order valence-electron chi connectivity index (χ0n) is 13.5. The van der Waals surface area contributed by atoms with Gasteiger partial charge in [0.2, 0.25) is 0 Å². The van der Waals surface area contributed by atoms with Crippen LogP contribution < -0.4 is 5.19 Å². The molecule has 0 saturated carbocycles. The van der Waals surface area contributed by atoms with Gasteiger partial charge in [-0.2, -0.15) is 0 Å². The number of aromatic hydroxyl groups is 1. The first kappa shape index (κ1) is 16.2. The van der Waals surface area contributed by atoms with Crippen LogP contribution in [0.15, 0.2) is 41.3 Å². The molecule has 2 rings (SSSR count). The van der Waals surface area contributed by atoms with Crippen LogP contribution >= 0.6 is 11.8 Å². The molecule has 1 N–H and O–H groups in total. The van der Waals surface area contributed by atoms with Crippen LogP contribution in [0.5, 0.6) is 5.75 Å². The molecule has 0 saturated heterocycles. The molecule has 0 unspecified atom stereocenters. The molecule has 0 aliphatic rings. The quantitative estimate of drug-likeness (QED) is 0.659. The average Bonchev–Trinajstić information content (AvgIpc) is 2.48. The molecule has 21 heavy (non-hydrogen) atoms. The van der Waals surface area contributed by atoms with Crippen molar-refractivity contribution in [1.29, 1.82) is 0 Å². The molecule has 0 radical (unpaired) electrons. The molecule has 3 heteroatoms. The van der Waals surface area contributed by atoms with Gasteiger partial charge in [0.15, 0.2) is 0 Å². The Balaban J connectivity index is 2.21. The van der Waals surface area contributed by atoms with Crippen LogP contribution in [0.4, 0.5) is 0 Å². The zero-order chi connectivity index (χ0) is 15.6. The van der Waals surface area contributed by atoms with Crippen molar-refractivity contribution in [1.82, 2.24) is 0 Å². The van der Waals surface area contributed by atoms with E-state index < -0.39 is 8.07 Å². The lowest BCUT2D eigenvalue weighted by atomic mass is 10.1. The molecule has 2 aromatic rings. The molecule has 0 aliphatic carbocycles. The van der Waals surface area contributed by atoms with Crippen LogP contribution in [0, 0.1) is 20.8 Å². The molecule has 1 nitrogen and oxygen atoms in total. The molecule has 0 aromatic heterocycles. The van der Waals surface area contributed by atoms with E-state index in [9.17, 15) is 5.11 Å². The van der Waals surface area contributed by atoms with E-state index in [0.717, 1.165) is 16.5 Å².